The number of anilines is 1. The number of nitrogens with zero attached hydrogens (tertiary/aromatic N) is 1. The third kappa shape index (κ3) is 3.89. The van der Waals surface area contributed by atoms with E-state index in [4.69, 9.17) is 0 Å². The molecule has 1 aromatic carbocycles. The maximum atomic E-state index is 13.8. The van der Waals surface area contributed by atoms with E-state index in [0.717, 1.165) is 38.9 Å². The molecule has 2 nitrogen and oxygen atoms in total. The van der Waals surface area contributed by atoms with Gasteiger partial charge in [0, 0.05) is 18.7 Å². The molecule has 0 spiro atoms. The largest absolute Gasteiger partial charge is 0.380 e. The van der Waals surface area contributed by atoms with Gasteiger partial charge in [-0.15, -0.1) is 0 Å². The second-order valence-corrected chi connectivity index (χ2v) is 5.81. The molecule has 0 aliphatic carbocycles. The van der Waals surface area contributed by atoms with Crippen LogP contribution in [0, 0.1) is 11.6 Å². The molecule has 2 rings (SSSR count). The van der Waals surface area contributed by atoms with E-state index in [-0.39, 0.29) is 16.2 Å². The number of rotatable bonds is 3. The minimum atomic E-state index is -0.437. The van der Waals surface area contributed by atoms with Crippen molar-refractivity contribution in [1.29, 1.82) is 0 Å². The molecular formula is C14H19BrF2N2. The van der Waals surface area contributed by atoms with Gasteiger partial charge >= 0.3 is 0 Å². The van der Waals surface area contributed by atoms with E-state index in [1.165, 1.54) is 12.1 Å². The van der Waals surface area contributed by atoms with Gasteiger partial charge in [-0.25, -0.2) is 8.78 Å². The average Bonchev–Trinajstić information content (AvgIpc) is 2.61. The van der Waals surface area contributed by atoms with Gasteiger partial charge in [0.25, 0.3) is 0 Å². The number of benzene rings is 1. The van der Waals surface area contributed by atoms with E-state index in [1.54, 1.807) is 0 Å². The van der Waals surface area contributed by atoms with Crippen LogP contribution < -0.4 is 5.32 Å². The summed E-state index contributed by atoms with van der Waals surface area (Å²) < 4.78 is 27.4. The highest BCUT2D eigenvalue weighted by molar-refractivity contribution is 9.10. The molecule has 1 aliphatic heterocycles. The topological polar surface area (TPSA) is 15.3 Å². The molecule has 1 N–H and O–H groups in total. The lowest BCUT2D eigenvalue weighted by Gasteiger charge is -2.19. The lowest BCUT2D eigenvalue weighted by Crippen LogP contribution is -2.26. The van der Waals surface area contributed by atoms with E-state index in [1.807, 2.05) is 0 Å². The molecule has 0 aromatic heterocycles. The SMILES string of the molecule is CCN1CCCC(Nc2cc(F)c(Br)cc2F)CC1. The third-order valence-corrected chi connectivity index (χ3v) is 4.25. The molecule has 1 aromatic rings. The van der Waals surface area contributed by atoms with Gasteiger partial charge in [-0.2, -0.15) is 0 Å². The van der Waals surface area contributed by atoms with Crippen molar-refractivity contribution < 1.29 is 8.78 Å². The Morgan fingerprint density at radius 2 is 2.05 bits per heavy atom. The zero-order chi connectivity index (χ0) is 13.8. The first-order valence-corrected chi connectivity index (χ1v) is 7.53. The Morgan fingerprint density at radius 1 is 1.26 bits per heavy atom. The molecular weight excluding hydrogens is 314 g/mol. The quantitative estimate of drug-likeness (QED) is 0.841. The highest BCUT2D eigenvalue weighted by atomic mass is 79.9. The zero-order valence-electron chi connectivity index (χ0n) is 11.1. The van der Waals surface area contributed by atoms with Crippen LogP contribution in [0.5, 0.6) is 0 Å². The summed E-state index contributed by atoms with van der Waals surface area (Å²) in [4.78, 5) is 2.39. The predicted molar refractivity (Wildman–Crippen MR) is 77.4 cm³/mol. The van der Waals surface area contributed by atoms with Gasteiger partial charge < -0.3 is 10.2 Å². The summed E-state index contributed by atoms with van der Waals surface area (Å²) in [6, 6.07) is 2.61. The molecule has 1 saturated heterocycles. The fourth-order valence-corrected chi connectivity index (χ4v) is 2.78. The van der Waals surface area contributed by atoms with Crippen molar-refractivity contribution in [2.45, 2.75) is 32.2 Å². The summed E-state index contributed by atoms with van der Waals surface area (Å²) in [5.41, 5.74) is 0.260. The summed E-state index contributed by atoms with van der Waals surface area (Å²) in [6.45, 7) is 5.30. The molecule has 106 valence electrons. The lowest BCUT2D eigenvalue weighted by atomic mass is 10.1. The van der Waals surface area contributed by atoms with Crippen LogP contribution in [0.15, 0.2) is 16.6 Å². The van der Waals surface area contributed by atoms with E-state index < -0.39 is 11.6 Å². The predicted octanol–water partition coefficient (Wildman–Crippen LogP) is 4.01. The van der Waals surface area contributed by atoms with Gasteiger partial charge in [0.1, 0.15) is 11.6 Å². The second kappa shape index (κ2) is 6.66. The number of hydrogen-bond donors (Lipinski definition) is 1. The van der Waals surface area contributed by atoms with E-state index in [0.29, 0.717) is 0 Å². The van der Waals surface area contributed by atoms with Crippen LogP contribution in [0.3, 0.4) is 0 Å². The molecule has 1 atom stereocenters. The molecule has 0 bridgehead atoms. The first-order chi connectivity index (χ1) is 9.10. The standard InChI is InChI=1S/C14H19BrF2N2/c1-2-19-6-3-4-10(5-7-19)18-14-9-12(16)11(15)8-13(14)17/h8-10,18H,2-7H2,1H3. The van der Waals surface area contributed by atoms with Gasteiger partial charge in [0.15, 0.2) is 0 Å². The van der Waals surface area contributed by atoms with Gasteiger partial charge in [-0.1, -0.05) is 6.92 Å². The van der Waals surface area contributed by atoms with Gasteiger partial charge in [0.05, 0.1) is 10.2 Å². The van der Waals surface area contributed by atoms with Crippen LogP contribution in [-0.2, 0) is 0 Å². The summed E-state index contributed by atoms with van der Waals surface area (Å²) in [5, 5.41) is 3.14. The van der Waals surface area contributed by atoms with Crippen molar-refractivity contribution in [3.05, 3.63) is 28.2 Å². The Bertz CT molecular complexity index is 440. The molecule has 19 heavy (non-hydrogen) atoms. The van der Waals surface area contributed by atoms with E-state index in [9.17, 15) is 8.78 Å². The molecule has 0 saturated carbocycles. The molecule has 5 heteroatoms. The first kappa shape index (κ1) is 14.7. The van der Waals surface area contributed by atoms with Crippen LogP contribution in [0.25, 0.3) is 0 Å². The van der Waals surface area contributed by atoms with Crippen molar-refractivity contribution in [2.24, 2.45) is 0 Å². The summed E-state index contributed by atoms with van der Waals surface area (Å²) in [6.07, 6.45) is 3.05. The first-order valence-electron chi connectivity index (χ1n) is 6.73. The normalized spacial score (nSPS) is 21.2. The average molecular weight is 333 g/mol. The van der Waals surface area contributed by atoms with E-state index in [2.05, 4.69) is 33.1 Å². The second-order valence-electron chi connectivity index (χ2n) is 4.95. The van der Waals surface area contributed by atoms with Crippen molar-refractivity contribution in [2.75, 3.05) is 25.0 Å². The Morgan fingerprint density at radius 3 is 2.79 bits per heavy atom. The minimum Gasteiger partial charge on any atom is -0.380 e. The highest BCUT2D eigenvalue weighted by Gasteiger charge is 2.17. The van der Waals surface area contributed by atoms with Crippen molar-refractivity contribution in [1.82, 2.24) is 4.90 Å². The molecule has 1 unspecified atom stereocenters. The Kier molecular flexibility index (Phi) is 5.16. The monoisotopic (exact) mass is 332 g/mol. The van der Waals surface area contributed by atoms with Crippen molar-refractivity contribution >= 4 is 21.6 Å². The van der Waals surface area contributed by atoms with Crippen molar-refractivity contribution in [3.63, 3.8) is 0 Å². The van der Waals surface area contributed by atoms with Gasteiger partial charge in [-0.05, 0) is 54.3 Å². The van der Waals surface area contributed by atoms with Gasteiger partial charge in [-0.3, -0.25) is 0 Å². The Balaban J connectivity index is 2.03. The molecule has 0 radical (unpaired) electrons. The summed E-state index contributed by atoms with van der Waals surface area (Å²) in [7, 11) is 0. The Hall–Kier alpha value is -0.680. The lowest BCUT2D eigenvalue weighted by molar-refractivity contribution is 0.300. The molecule has 1 fully saturated rings. The van der Waals surface area contributed by atoms with Crippen LogP contribution in [0.2, 0.25) is 0 Å². The Labute approximate surface area is 121 Å². The smallest absolute Gasteiger partial charge is 0.147 e. The molecule has 1 heterocycles. The summed E-state index contributed by atoms with van der Waals surface area (Å²) in [5.74, 6) is -0.849. The highest BCUT2D eigenvalue weighted by Crippen LogP contribution is 2.25. The fraction of sp³-hybridized carbons (Fsp3) is 0.571. The minimum absolute atomic E-state index is 0.161. The number of likely N-dealkylation sites (tertiary alicyclic amines) is 1. The number of hydrogen-bond acceptors (Lipinski definition) is 2. The third-order valence-electron chi connectivity index (χ3n) is 3.64. The van der Waals surface area contributed by atoms with Crippen LogP contribution >= 0.6 is 15.9 Å². The molecule has 0 amide bonds. The van der Waals surface area contributed by atoms with Crippen LogP contribution in [0.4, 0.5) is 14.5 Å². The number of nitrogens with one attached hydrogen (secondary N) is 1. The van der Waals surface area contributed by atoms with Crippen LogP contribution in [0.1, 0.15) is 26.2 Å². The summed E-state index contributed by atoms with van der Waals surface area (Å²) >= 11 is 2.99. The fourth-order valence-electron chi connectivity index (χ4n) is 2.47. The molecule has 1 aliphatic rings. The maximum absolute atomic E-state index is 13.8. The van der Waals surface area contributed by atoms with Crippen molar-refractivity contribution in [3.8, 4) is 0 Å². The number of halogens is 3. The zero-order valence-corrected chi connectivity index (χ0v) is 12.6. The van der Waals surface area contributed by atoms with E-state index >= 15 is 0 Å². The van der Waals surface area contributed by atoms with Crippen LogP contribution in [-0.4, -0.2) is 30.6 Å². The maximum Gasteiger partial charge on any atom is 0.147 e. The van der Waals surface area contributed by atoms with Gasteiger partial charge in [0.2, 0.25) is 0 Å².